The number of nitrogens with two attached hydrogens (primary N) is 1. The number of anilines is 3. The van der Waals surface area contributed by atoms with E-state index in [0.717, 1.165) is 26.1 Å². The van der Waals surface area contributed by atoms with Gasteiger partial charge in [-0.1, -0.05) is 0 Å². The fourth-order valence-corrected chi connectivity index (χ4v) is 2.58. The third-order valence-electron chi connectivity index (χ3n) is 3.77. The Bertz CT molecular complexity index is 469. The van der Waals surface area contributed by atoms with Gasteiger partial charge in [-0.15, -0.1) is 0 Å². The van der Waals surface area contributed by atoms with Gasteiger partial charge in [-0.3, -0.25) is 5.43 Å². The number of hydrazine groups is 1. The highest BCUT2D eigenvalue weighted by Gasteiger charge is 2.31. The van der Waals surface area contributed by atoms with Crippen molar-refractivity contribution >= 4 is 17.8 Å². The van der Waals surface area contributed by atoms with E-state index in [-0.39, 0.29) is 5.54 Å². The molecule has 20 heavy (non-hydrogen) atoms. The number of nitrogens with zero attached hydrogens (tertiary/aromatic N) is 4. The molecule has 0 amide bonds. The first-order chi connectivity index (χ1) is 9.68. The van der Waals surface area contributed by atoms with Crippen LogP contribution in [0.4, 0.5) is 17.8 Å². The minimum atomic E-state index is -0.129. The average molecular weight is 279 g/mol. The number of hydrogen-bond acceptors (Lipinski definition) is 8. The van der Waals surface area contributed by atoms with Crippen LogP contribution >= 0.6 is 0 Å². The van der Waals surface area contributed by atoms with Crippen LogP contribution in [-0.4, -0.2) is 46.8 Å². The molecule has 0 aromatic carbocycles. The van der Waals surface area contributed by atoms with Gasteiger partial charge in [0, 0.05) is 19.7 Å². The summed E-state index contributed by atoms with van der Waals surface area (Å²) in [6, 6.07) is 0. The molecule has 0 aliphatic carbocycles. The van der Waals surface area contributed by atoms with Crippen molar-refractivity contribution in [1.82, 2.24) is 15.0 Å². The summed E-state index contributed by atoms with van der Waals surface area (Å²) in [6.07, 6.45) is 3.28. The predicted molar refractivity (Wildman–Crippen MR) is 76.5 cm³/mol. The number of nitrogens with one attached hydrogen (secondary N) is 2. The lowest BCUT2D eigenvalue weighted by molar-refractivity contribution is 0.185. The molecule has 0 bridgehead atoms. The van der Waals surface area contributed by atoms with Crippen LogP contribution in [0.25, 0.3) is 0 Å². The van der Waals surface area contributed by atoms with E-state index < -0.39 is 0 Å². The zero-order chi connectivity index (χ0) is 14.0. The Kier molecular flexibility index (Phi) is 3.58. The summed E-state index contributed by atoms with van der Waals surface area (Å²) in [4.78, 5) is 15.3. The van der Waals surface area contributed by atoms with Gasteiger partial charge in [0.05, 0.1) is 12.1 Å². The molecule has 4 N–H and O–H groups in total. The highest BCUT2D eigenvalue weighted by Crippen LogP contribution is 2.24. The summed E-state index contributed by atoms with van der Waals surface area (Å²) >= 11 is 0. The fraction of sp³-hybridized carbons (Fsp3) is 0.750. The minimum Gasteiger partial charge on any atom is -0.379 e. The molecule has 110 valence electrons. The maximum atomic E-state index is 5.45. The average Bonchev–Trinajstić information content (AvgIpc) is 3.09. The molecule has 2 fully saturated rings. The van der Waals surface area contributed by atoms with Crippen molar-refractivity contribution in [2.45, 2.75) is 31.7 Å². The standard InChI is InChI=1S/C12H21N7O/c1-12(4-7-20-8-12)17-9-14-10(18-13)16-11(15-9)19-5-2-3-6-19/h2-8,13H2,1H3,(H2,14,15,16,17,18). The maximum absolute atomic E-state index is 5.45. The molecule has 0 saturated carbocycles. The SMILES string of the molecule is CC1(Nc2nc(NN)nc(N3CCCC3)n2)CCOC1. The van der Waals surface area contributed by atoms with E-state index in [2.05, 4.69) is 37.5 Å². The van der Waals surface area contributed by atoms with Crippen LogP contribution in [-0.2, 0) is 4.74 Å². The topological polar surface area (TPSA) is 101 Å². The molecule has 0 spiro atoms. The van der Waals surface area contributed by atoms with E-state index >= 15 is 0 Å². The van der Waals surface area contributed by atoms with Crippen molar-refractivity contribution in [3.63, 3.8) is 0 Å². The van der Waals surface area contributed by atoms with Crippen molar-refractivity contribution in [1.29, 1.82) is 0 Å². The second-order valence-corrected chi connectivity index (χ2v) is 5.61. The lowest BCUT2D eigenvalue weighted by Gasteiger charge is -2.24. The van der Waals surface area contributed by atoms with Crippen LogP contribution < -0.4 is 21.5 Å². The summed E-state index contributed by atoms with van der Waals surface area (Å²) in [5.74, 6) is 7.06. The third kappa shape index (κ3) is 2.75. The van der Waals surface area contributed by atoms with Gasteiger partial charge in [0.2, 0.25) is 17.8 Å². The molecule has 2 aliphatic rings. The summed E-state index contributed by atoms with van der Waals surface area (Å²) in [7, 11) is 0. The van der Waals surface area contributed by atoms with Crippen molar-refractivity contribution in [3.8, 4) is 0 Å². The van der Waals surface area contributed by atoms with Gasteiger partial charge in [0.15, 0.2) is 0 Å². The first-order valence-corrected chi connectivity index (χ1v) is 7.02. The van der Waals surface area contributed by atoms with Crippen LogP contribution in [0, 0.1) is 0 Å². The Morgan fingerprint density at radius 2 is 1.95 bits per heavy atom. The monoisotopic (exact) mass is 279 g/mol. The number of rotatable bonds is 4. The molecule has 1 atom stereocenters. The van der Waals surface area contributed by atoms with E-state index in [1.165, 1.54) is 12.8 Å². The van der Waals surface area contributed by atoms with Crippen LogP contribution in [0.2, 0.25) is 0 Å². The lowest BCUT2D eigenvalue weighted by Crippen LogP contribution is -2.36. The number of nitrogen functional groups attached to an aromatic ring is 1. The maximum Gasteiger partial charge on any atom is 0.243 e. The molecular weight excluding hydrogens is 258 g/mol. The molecule has 8 nitrogen and oxygen atoms in total. The quantitative estimate of drug-likeness (QED) is 0.536. The van der Waals surface area contributed by atoms with Gasteiger partial charge in [0.1, 0.15) is 0 Å². The smallest absolute Gasteiger partial charge is 0.243 e. The Hall–Kier alpha value is -1.67. The molecule has 1 aromatic heterocycles. The largest absolute Gasteiger partial charge is 0.379 e. The Morgan fingerprint density at radius 1 is 1.20 bits per heavy atom. The van der Waals surface area contributed by atoms with Crippen molar-refractivity contribution in [3.05, 3.63) is 0 Å². The van der Waals surface area contributed by atoms with E-state index in [1.807, 2.05) is 0 Å². The van der Waals surface area contributed by atoms with Crippen LogP contribution in [0.15, 0.2) is 0 Å². The second kappa shape index (κ2) is 5.37. The highest BCUT2D eigenvalue weighted by molar-refractivity contribution is 5.45. The third-order valence-corrected chi connectivity index (χ3v) is 3.77. The molecule has 3 heterocycles. The molecular formula is C12H21N7O. The molecule has 3 rings (SSSR count). The zero-order valence-electron chi connectivity index (χ0n) is 11.7. The van der Waals surface area contributed by atoms with Crippen LogP contribution in [0.3, 0.4) is 0 Å². The Balaban J connectivity index is 1.83. The molecule has 1 unspecified atom stereocenters. The molecule has 1 aromatic rings. The second-order valence-electron chi connectivity index (χ2n) is 5.61. The minimum absolute atomic E-state index is 0.129. The van der Waals surface area contributed by atoms with Gasteiger partial charge in [-0.2, -0.15) is 15.0 Å². The summed E-state index contributed by atoms with van der Waals surface area (Å²) in [5, 5.41) is 3.35. The highest BCUT2D eigenvalue weighted by atomic mass is 16.5. The fourth-order valence-electron chi connectivity index (χ4n) is 2.58. The predicted octanol–water partition coefficient (Wildman–Crippen LogP) is 0.348. The molecule has 8 heteroatoms. The lowest BCUT2D eigenvalue weighted by atomic mass is 10.0. The first kappa shape index (κ1) is 13.3. The molecule has 2 aliphatic heterocycles. The van der Waals surface area contributed by atoms with Crippen molar-refractivity contribution < 1.29 is 4.74 Å². The van der Waals surface area contributed by atoms with E-state index in [9.17, 15) is 0 Å². The van der Waals surface area contributed by atoms with Gasteiger partial charge in [-0.05, 0) is 26.2 Å². The van der Waals surface area contributed by atoms with Crippen molar-refractivity contribution in [2.24, 2.45) is 5.84 Å². The first-order valence-electron chi connectivity index (χ1n) is 7.02. The number of aromatic nitrogens is 3. The Morgan fingerprint density at radius 3 is 2.60 bits per heavy atom. The summed E-state index contributed by atoms with van der Waals surface area (Å²) < 4.78 is 5.43. The summed E-state index contributed by atoms with van der Waals surface area (Å²) in [5.41, 5.74) is 2.38. The van der Waals surface area contributed by atoms with E-state index in [0.29, 0.717) is 24.5 Å². The van der Waals surface area contributed by atoms with Crippen molar-refractivity contribution in [2.75, 3.05) is 41.9 Å². The summed E-state index contributed by atoms with van der Waals surface area (Å²) in [6.45, 7) is 5.48. The number of ether oxygens (including phenoxy) is 1. The normalized spacial score (nSPS) is 26.0. The van der Waals surface area contributed by atoms with E-state index in [1.54, 1.807) is 0 Å². The van der Waals surface area contributed by atoms with Gasteiger partial charge in [-0.25, -0.2) is 5.84 Å². The number of hydrogen-bond donors (Lipinski definition) is 3. The van der Waals surface area contributed by atoms with Crippen LogP contribution in [0.1, 0.15) is 26.2 Å². The molecule has 2 saturated heterocycles. The van der Waals surface area contributed by atoms with Gasteiger partial charge in [0.25, 0.3) is 0 Å². The van der Waals surface area contributed by atoms with Gasteiger partial charge < -0.3 is 15.0 Å². The molecule has 0 radical (unpaired) electrons. The van der Waals surface area contributed by atoms with Crippen LogP contribution in [0.5, 0.6) is 0 Å². The Labute approximate surface area is 118 Å². The van der Waals surface area contributed by atoms with Gasteiger partial charge >= 0.3 is 0 Å². The zero-order valence-corrected chi connectivity index (χ0v) is 11.7. The van der Waals surface area contributed by atoms with E-state index in [4.69, 9.17) is 10.6 Å².